The lowest BCUT2D eigenvalue weighted by Gasteiger charge is -2.34. The van der Waals surface area contributed by atoms with Gasteiger partial charge in [0.1, 0.15) is 6.33 Å². The number of benzene rings is 1. The highest BCUT2D eigenvalue weighted by molar-refractivity contribution is 6.33. The molecule has 1 aliphatic carbocycles. The third-order valence-corrected chi connectivity index (χ3v) is 4.23. The Morgan fingerprint density at radius 1 is 1.32 bits per heavy atom. The molecule has 1 aromatic carbocycles. The number of hydrogen-bond donors (Lipinski definition) is 1. The van der Waals surface area contributed by atoms with Crippen molar-refractivity contribution >= 4 is 11.6 Å². The topological polar surface area (TPSA) is 109 Å². The van der Waals surface area contributed by atoms with E-state index >= 15 is 0 Å². The van der Waals surface area contributed by atoms with E-state index < -0.39 is 5.54 Å². The van der Waals surface area contributed by atoms with Crippen molar-refractivity contribution in [1.82, 2.24) is 30.3 Å². The molecule has 2 heterocycles. The van der Waals surface area contributed by atoms with Gasteiger partial charge in [-0.1, -0.05) is 16.8 Å². The minimum atomic E-state index is -0.458. The van der Waals surface area contributed by atoms with Crippen LogP contribution in [0.3, 0.4) is 0 Å². The Labute approximate surface area is 130 Å². The van der Waals surface area contributed by atoms with E-state index in [1.165, 1.54) is 11.0 Å². The van der Waals surface area contributed by atoms with E-state index in [1.54, 1.807) is 12.1 Å². The summed E-state index contributed by atoms with van der Waals surface area (Å²) in [6.07, 6.45) is 4.32. The SMILES string of the molecule is NC1(c2noc(-c3ccc(-n4cnnn4)cc3Cl)n2)CCC1. The minimum Gasteiger partial charge on any atom is -0.334 e. The van der Waals surface area contributed by atoms with Crippen molar-refractivity contribution in [1.29, 1.82) is 0 Å². The third kappa shape index (κ3) is 2.08. The summed E-state index contributed by atoms with van der Waals surface area (Å²) in [5, 5.41) is 15.5. The number of nitrogens with zero attached hydrogens (tertiary/aromatic N) is 6. The summed E-state index contributed by atoms with van der Waals surface area (Å²) in [6.45, 7) is 0. The van der Waals surface area contributed by atoms with E-state index in [2.05, 4.69) is 25.7 Å². The second-order valence-corrected chi connectivity index (χ2v) is 5.76. The molecule has 0 atom stereocenters. The smallest absolute Gasteiger partial charge is 0.259 e. The molecular formula is C13H12ClN7O. The van der Waals surface area contributed by atoms with Crippen molar-refractivity contribution in [2.24, 2.45) is 5.73 Å². The standard InChI is InChI=1S/C13H12ClN7O/c14-10-6-8(21-7-16-19-20-21)2-3-9(10)11-17-12(18-22-11)13(15)4-1-5-13/h2-3,6-7H,1,4-5,15H2. The maximum Gasteiger partial charge on any atom is 0.259 e. The Morgan fingerprint density at radius 2 is 2.18 bits per heavy atom. The van der Waals surface area contributed by atoms with Crippen molar-refractivity contribution in [3.05, 3.63) is 35.4 Å². The zero-order valence-electron chi connectivity index (χ0n) is 11.5. The van der Waals surface area contributed by atoms with E-state index in [1.807, 2.05) is 6.07 Å². The van der Waals surface area contributed by atoms with Crippen LogP contribution >= 0.6 is 11.6 Å². The lowest BCUT2D eigenvalue weighted by Crippen LogP contribution is -2.44. The summed E-state index contributed by atoms with van der Waals surface area (Å²) in [4.78, 5) is 4.39. The van der Waals surface area contributed by atoms with Crippen molar-refractivity contribution in [2.45, 2.75) is 24.8 Å². The van der Waals surface area contributed by atoms with Crippen molar-refractivity contribution in [3.63, 3.8) is 0 Å². The summed E-state index contributed by atoms with van der Waals surface area (Å²) >= 11 is 6.31. The maximum atomic E-state index is 6.31. The van der Waals surface area contributed by atoms with Crippen LogP contribution in [0.2, 0.25) is 5.02 Å². The molecule has 1 saturated carbocycles. The molecule has 4 rings (SSSR count). The van der Waals surface area contributed by atoms with Crippen LogP contribution in [-0.2, 0) is 5.54 Å². The number of hydrogen-bond acceptors (Lipinski definition) is 7. The van der Waals surface area contributed by atoms with Gasteiger partial charge < -0.3 is 10.3 Å². The molecule has 0 aliphatic heterocycles. The van der Waals surface area contributed by atoms with Crippen LogP contribution in [0, 0.1) is 0 Å². The highest BCUT2D eigenvalue weighted by Gasteiger charge is 2.39. The average Bonchev–Trinajstić information content (AvgIpc) is 3.16. The monoisotopic (exact) mass is 317 g/mol. The van der Waals surface area contributed by atoms with Gasteiger partial charge in [0.2, 0.25) is 0 Å². The molecule has 3 aromatic rings. The van der Waals surface area contributed by atoms with Gasteiger partial charge in [-0.05, 0) is 47.9 Å². The van der Waals surface area contributed by atoms with Crippen LogP contribution < -0.4 is 5.73 Å². The molecule has 0 saturated heterocycles. The number of tetrazole rings is 1. The van der Waals surface area contributed by atoms with Gasteiger partial charge in [-0.25, -0.2) is 4.68 Å². The first-order chi connectivity index (χ1) is 10.7. The van der Waals surface area contributed by atoms with Crippen LogP contribution in [-0.4, -0.2) is 30.3 Å². The van der Waals surface area contributed by atoms with Gasteiger partial charge in [-0.15, -0.1) is 5.10 Å². The van der Waals surface area contributed by atoms with Crippen LogP contribution in [0.15, 0.2) is 29.0 Å². The van der Waals surface area contributed by atoms with Crippen molar-refractivity contribution in [3.8, 4) is 17.1 Å². The predicted octanol–water partition coefficient (Wildman–Crippen LogP) is 1.70. The Hall–Kier alpha value is -2.32. The first-order valence-corrected chi connectivity index (χ1v) is 7.20. The van der Waals surface area contributed by atoms with Gasteiger partial charge in [0.15, 0.2) is 5.82 Å². The van der Waals surface area contributed by atoms with Gasteiger partial charge >= 0.3 is 0 Å². The normalized spacial score (nSPS) is 16.5. The number of aromatic nitrogens is 6. The van der Waals surface area contributed by atoms with Gasteiger partial charge in [0.25, 0.3) is 5.89 Å². The Balaban J connectivity index is 1.68. The second kappa shape index (κ2) is 4.85. The van der Waals surface area contributed by atoms with Crippen LogP contribution in [0.1, 0.15) is 25.1 Å². The van der Waals surface area contributed by atoms with E-state index in [0.717, 1.165) is 24.9 Å². The highest BCUT2D eigenvalue weighted by Crippen LogP contribution is 2.38. The molecule has 9 heteroatoms. The van der Waals surface area contributed by atoms with Crippen molar-refractivity contribution < 1.29 is 4.52 Å². The second-order valence-electron chi connectivity index (χ2n) is 5.35. The molecule has 1 fully saturated rings. The third-order valence-electron chi connectivity index (χ3n) is 3.91. The Kier molecular flexibility index (Phi) is 2.95. The van der Waals surface area contributed by atoms with E-state index in [9.17, 15) is 0 Å². The zero-order chi connectivity index (χ0) is 15.2. The summed E-state index contributed by atoms with van der Waals surface area (Å²) in [6, 6.07) is 5.35. The van der Waals surface area contributed by atoms with E-state index in [4.69, 9.17) is 21.9 Å². The van der Waals surface area contributed by atoms with Gasteiger partial charge in [-0.2, -0.15) is 4.98 Å². The van der Waals surface area contributed by atoms with E-state index in [0.29, 0.717) is 22.3 Å². The molecule has 0 spiro atoms. The highest BCUT2D eigenvalue weighted by atomic mass is 35.5. The lowest BCUT2D eigenvalue weighted by molar-refractivity contribution is 0.229. The predicted molar refractivity (Wildman–Crippen MR) is 77.2 cm³/mol. The fraction of sp³-hybridized carbons (Fsp3) is 0.308. The van der Waals surface area contributed by atoms with Gasteiger partial charge in [0, 0.05) is 0 Å². The number of nitrogens with two attached hydrogens (primary N) is 1. The summed E-state index contributed by atoms with van der Waals surface area (Å²) < 4.78 is 6.82. The van der Waals surface area contributed by atoms with Crippen LogP contribution in [0.25, 0.3) is 17.1 Å². The molecular weight excluding hydrogens is 306 g/mol. The fourth-order valence-corrected chi connectivity index (χ4v) is 2.67. The summed E-state index contributed by atoms with van der Waals surface area (Å²) in [5.41, 5.74) is 7.14. The molecule has 2 aromatic heterocycles. The molecule has 8 nitrogen and oxygen atoms in total. The van der Waals surface area contributed by atoms with Crippen LogP contribution in [0.4, 0.5) is 0 Å². The molecule has 0 amide bonds. The minimum absolute atomic E-state index is 0.361. The number of halogens is 1. The summed E-state index contributed by atoms with van der Waals surface area (Å²) in [7, 11) is 0. The molecule has 1 aliphatic rings. The fourth-order valence-electron chi connectivity index (χ4n) is 2.42. The molecule has 0 unspecified atom stereocenters. The molecule has 0 radical (unpaired) electrons. The van der Waals surface area contributed by atoms with Gasteiger partial charge in [-0.3, -0.25) is 0 Å². The average molecular weight is 318 g/mol. The first kappa shape index (κ1) is 13.4. The molecule has 2 N–H and O–H groups in total. The maximum absolute atomic E-state index is 6.31. The number of rotatable bonds is 3. The Morgan fingerprint density at radius 3 is 2.82 bits per heavy atom. The largest absolute Gasteiger partial charge is 0.334 e. The summed E-state index contributed by atoms with van der Waals surface area (Å²) in [5.74, 6) is 0.898. The van der Waals surface area contributed by atoms with Crippen molar-refractivity contribution in [2.75, 3.05) is 0 Å². The molecule has 0 bridgehead atoms. The quantitative estimate of drug-likeness (QED) is 0.783. The first-order valence-electron chi connectivity index (χ1n) is 6.82. The Bertz CT molecular complexity index is 810. The van der Waals surface area contributed by atoms with Gasteiger partial charge in [0.05, 0.1) is 21.8 Å². The molecule has 22 heavy (non-hydrogen) atoms. The molecule has 112 valence electrons. The zero-order valence-corrected chi connectivity index (χ0v) is 12.2. The van der Waals surface area contributed by atoms with E-state index in [-0.39, 0.29) is 0 Å². The lowest BCUT2D eigenvalue weighted by atomic mass is 9.77. The van der Waals surface area contributed by atoms with Crippen LogP contribution in [0.5, 0.6) is 0 Å².